The van der Waals surface area contributed by atoms with Crippen molar-refractivity contribution in [1.29, 1.82) is 0 Å². The molecule has 0 saturated heterocycles. The van der Waals surface area contributed by atoms with Gasteiger partial charge in [-0.05, 0) is 13.0 Å². The summed E-state index contributed by atoms with van der Waals surface area (Å²) in [5.41, 5.74) is 0.995. The molecule has 0 bridgehead atoms. The van der Waals surface area contributed by atoms with Gasteiger partial charge in [-0.25, -0.2) is 13.0 Å². The molecule has 84 valence electrons. The number of hydrogen-bond acceptors (Lipinski definition) is 4. The molecule has 0 radical (unpaired) electrons. The van der Waals surface area contributed by atoms with E-state index in [1.54, 1.807) is 23.0 Å². The zero-order valence-corrected chi connectivity index (χ0v) is 9.14. The Morgan fingerprint density at radius 3 is 2.80 bits per heavy atom. The third-order valence-corrected chi connectivity index (χ3v) is 2.62. The zero-order chi connectivity index (χ0) is 11.5. The van der Waals surface area contributed by atoms with Crippen LogP contribution in [0.1, 0.15) is 5.56 Å². The minimum absolute atomic E-state index is 0.100. The van der Waals surface area contributed by atoms with E-state index in [4.69, 9.17) is 0 Å². The van der Waals surface area contributed by atoms with Gasteiger partial charge < -0.3 is 9.66 Å². The quantitative estimate of drug-likeness (QED) is 0.542. The molecule has 1 atom stereocenters. The van der Waals surface area contributed by atoms with Crippen LogP contribution in [0.4, 0.5) is 0 Å². The first-order valence-corrected chi connectivity index (χ1v) is 6.02. The molecule has 1 heterocycles. The third-order valence-electron chi connectivity index (χ3n) is 1.82. The predicted molar refractivity (Wildman–Crippen MR) is 51.9 cm³/mol. The lowest BCUT2D eigenvalue weighted by molar-refractivity contribution is -0.703. The minimum Gasteiger partial charge on any atom is -0.748 e. The van der Waals surface area contributed by atoms with Gasteiger partial charge in [0.05, 0.1) is 15.9 Å². The average Bonchev–Trinajstić information content (AvgIpc) is 1.99. The molecule has 1 aromatic heterocycles. The number of aliphatic hydroxyl groups is 1. The van der Waals surface area contributed by atoms with Crippen molar-refractivity contribution in [3.63, 3.8) is 0 Å². The smallest absolute Gasteiger partial charge is 0.175 e. The molecule has 1 unspecified atom stereocenters. The summed E-state index contributed by atoms with van der Waals surface area (Å²) in [6.07, 6.45) is 2.30. The number of pyridine rings is 1. The first-order valence-electron chi connectivity index (χ1n) is 4.44. The van der Waals surface area contributed by atoms with Crippen molar-refractivity contribution in [3.8, 4) is 0 Å². The molecule has 1 rings (SSSR count). The van der Waals surface area contributed by atoms with Gasteiger partial charge in [0, 0.05) is 11.6 Å². The molecule has 1 N–H and O–H groups in total. The highest BCUT2D eigenvalue weighted by Gasteiger charge is 2.13. The van der Waals surface area contributed by atoms with Crippen LogP contribution in [0.5, 0.6) is 0 Å². The van der Waals surface area contributed by atoms with E-state index in [9.17, 15) is 18.1 Å². The normalized spacial score (nSPS) is 13.8. The third kappa shape index (κ3) is 4.87. The maximum Gasteiger partial charge on any atom is 0.175 e. The van der Waals surface area contributed by atoms with Crippen molar-refractivity contribution in [2.24, 2.45) is 0 Å². The predicted octanol–water partition coefficient (Wildman–Crippen LogP) is -0.811. The summed E-state index contributed by atoms with van der Waals surface area (Å²) in [5.74, 6) is -0.756. The first kappa shape index (κ1) is 12.1. The molecule has 0 aliphatic heterocycles. The maximum absolute atomic E-state index is 10.4. The van der Waals surface area contributed by atoms with Gasteiger partial charge in [-0.2, -0.15) is 0 Å². The summed E-state index contributed by atoms with van der Waals surface area (Å²) >= 11 is 0. The maximum atomic E-state index is 10.4. The molecule has 0 fully saturated rings. The van der Waals surface area contributed by atoms with Crippen molar-refractivity contribution in [2.75, 3.05) is 5.75 Å². The van der Waals surface area contributed by atoms with E-state index in [-0.39, 0.29) is 6.54 Å². The van der Waals surface area contributed by atoms with Crippen LogP contribution >= 0.6 is 0 Å². The lowest BCUT2D eigenvalue weighted by Crippen LogP contribution is -2.41. The van der Waals surface area contributed by atoms with Crippen LogP contribution in [-0.4, -0.2) is 29.9 Å². The van der Waals surface area contributed by atoms with Crippen LogP contribution < -0.4 is 4.57 Å². The van der Waals surface area contributed by atoms with Gasteiger partial charge in [-0.1, -0.05) is 0 Å². The molecule has 0 amide bonds. The van der Waals surface area contributed by atoms with Crippen molar-refractivity contribution in [2.45, 2.75) is 19.6 Å². The molecule has 6 heteroatoms. The van der Waals surface area contributed by atoms with Gasteiger partial charge in [0.2, 0.25) is 0 Å². The fraction of sp³-hybridized carbons (Fsp3) is 0.444. The van der Waals surface area contributed by atoms with Gasteiger partial charge in [0.15, 0.2) is 18.9 Å². The van der Waals surface area contributed by atoms with Gasteiger partial charge >= 0.3 is 0 Å². The Kier molecular flexibility index (Phi) is 3.78. The molecule has 0 aliphatic rings. The molecule has 15 heavy (non-hydrogen) atoms. The number of aryl methyl sites for hydroxylation is 1. The van der Waals surface area contributed by atoms with Crippen molar-refractivity contribution >= 4 is 10.1 Å². The molecule has 0 spiro atoms. The van der Waals surface area contributed by atoms with E-state index >= 15 is 0 Å². The Bertz CT molecular complexity index is 429. The van der Waals surface area contributed by atoms with E-state index in [0.29, 0.717) is 0 Å². The summed E-state index contributed by atoms with van der Waals surface area (Å²) in [6.45, 7) is 1.98. The molecule has 1 aromatic rings. The number of aliphatic hydroxyl groups excluding tert-OH is 1. The fourth-order valence-corrected chi connectivity index (χ4v) is 1.87. The van der Waals surface area contributed by atoms with Crippen LogP contribution in [0.25, 0.3) is 0 Å². The second kappa shape index (κ2) is 4.69. The van der Waals surface area contributed by atoms with Crippen LogP contribution in [0.2, 0.25) is 0 Å². The first-order chi connectivity index (χ1) is 6.87. The van der Waals surface area contributed by atoms with E-state index in [1.807, 2.05) is 13.0 Å². The minimum atomic E-state index is -4.37. The van der Waals surface area contributed by atoms with E-state index in [1.165, 1.54) is 0 Å². The van der Waals surface area contributed by atoms with Gasteiger partial charge in [-0.15, -0.1) is 0 Å². The number of nitrogens with zero attached hydrogens (tertiary/aromatic N) is 1. The molecule has 0 saturated carbocycles. The van der Waals surface area contributed by atoms with Gasteiger partial charge in [0.25, 0.3) is 0 Å². The van der Waals surface area contributed by atoms with Crippen LogP contribution in [0.3, 0.4) is 0 Å². The fourth-order valence-electron chi connectivity index (χ4n) is 1.30. The van der Waals surface area contributed by atoms with Crippen molar-refractivity contribution in [1.82, 2.24) is 0 Å². The number of hydrogen-bond donors (Lipinski definition) is 1. The van der Waals surface area contributed by atoms with E-state index in [2.05, 4.69) is 0 Å². The second-order valence-corrected chi connectivity index (χ2v) is 4.90. The Morgan fingerprint density at radius 2 is 2.27 bits per heavy atom. The highest BCUT2D eigenvalue weighted by molar-refractivity contribution is 7.85. The topological polar surface area (TPSA) is 81.3 Å². The summed E-state index contributed by atoms with van der Waals surface area (Å²) in [4.78, 5) is 0. The molecule has 0 aromatic carbocycles. The Morgan fingerprint density at radius 1 is 1.60 bits per heavy atom. The molecular formula is C9H13NO4S. The van der Waals surface area contributed by atoms with E-state index < -0.39 is 22.0 Å². The largest absolute Gasteiger partial charge is 0.748 e. The SMILES string of the molecule is Cc1ccc[n+](CC(O)CS(=O)(=O)[O-])c1. The highest BCUT2D eigenvalue weighted by atomic mass is 32.2. The summed E-state index contributed by atoms with van der Waals surface area (Å²) in [5, 5.41) is 9.33. The molecule has 5 nitrogen and oxygen atoms in total. The van der Waals surface area contributed by atoms with Gasteiger partial charge in [0.1, 0.15) is 6.10 Å². The summed E-state index contributed by atoms with van der Waals surface area (Å²) in [6, 6.07) is 3.67. The Hall–Kier alpha value is -0.980. The monoisotopic (exact) mass is 231 g/mol. The zero-order valence-electron chi connectivity index (χ0n) is 8.33. The Labute approximate surface area is 88.7 Å². The van der Waals surface area contributed by atoms with Crippen LogP contribution in [0.15, 0.2) is 24.5 Å². The van der Waals surface area contributed by atoms with E-state index in [0.717, 1.165) is 5.56 Å². The molecule has 0 aliphatic carbocycles. The van der Waals surface area contributed by atoms with Crippen LogP contribution in [-0.2, 0) is 16.7 Å². The summed E-state index contributed by atoms with van der Waals surface area (Å²) in [7, 11) is -4.37. The summed E-state index contributed by atoms with van der Waals surface area (Å²) < 4.78 is 32.8. The lowest BCUT2D eigenvalue weighted by atomic mass is 10.3. The standard InChI is InChI=1S/C9H13NO4S/c1-8-3-2-4-10(5-8)6-9(11)7-15(12,13)14/h2-5,9,11H,6-7H2,1H3. The average molecular weight is 231 g/mol. The second-order valence-electron chi connectivity index (χ2n) is 3.46. The van der Waals surface area contributed by atoms with Crippen molar-refractivity contribution in [3.05, 3.63) is 30.1 Å². The lowest BCUT2D eigenvalue weighted by Gasteiger charge is -2.10. The van der Waals surface area contributed by atoms with Crippen molar-refractivity contribution < 1.29 is 22.6 Å². The number of aromatic nitrogens is 1. The van der Waals surface area contributed by atoms with Crippen LogP contribution in [0, 0.1) is 6.92 Å². The number of rotatable bonds is 4. The highest BCUT2D eigenvalue weighted by Crippen LogP contribution is 1.93. The van der Waals surface area contributed by atoms with Gasteiger partial charge in [-0.3, -0.25) is 0 Å². The molecular weight excluding hydrogens is 218 g/mol. The Balaban J connectivity index is 2.63.